The number of amides is 1. The number of carbonyl (C=O) groups is 1. The molecular formula is C11H13F3N2O3. The van der Waals surface area contributed by atoms with Gasteiger partial charge in [-0.1, -0.05) is 6.07 Å². The van der Waals surface area contributed by atoms with Crippen LogP contribution in [-0.2, 0) is 0 Å². The highest BCUT2D eigenvalue weighted by atomic mass is 19.4. The van der Waals surface area contributed by atoms with E-state index in [-0.39, 0.29) is 5.88 Å². The van der Waals surface area contributed by atoms with Crippen molar-refractivity contribution in [1.29, 1.82) is 0 Å². The van der Waals surface area contributed by atoms with Crippen LogP contribution in [0.25, 0.3) is 0 Å². The molecule has 0 aromatic carbocycles. The molecule has 0 bridgehead atoms. The Bertz CT molecular complexity index is 434. The second-order valence-electron chi connectivity index (χ2n) is 3.90. The van der Waals surface area contributed by atoms with Gasteiger partial charge in [0.25, 0.3) is 0 Å². The molecule has 0 aliphatic carbocycles. The number of rotatable bonds is 4. The first-order valence-electron chi connectivity index (χ1n) is 5.32. The first kappa shape index (κ1) is 15.1. The summed E-state index contributed by atoms with van der Waals surface area (Å²) in [6.45, 7) is 0.227. The fourth-order valence-electron chi connectivity index (χ4n) is 1.27. The lowest BCUT2D eigenvalue weighted by Gasteiger charge is -2.21. The first-order valence-corrected chi connectivity index (χ1v) is 5.32. The van der Waals surface area contributed by atoms with Crippen LogP contribution in [0, 0.1) is 0 Å². The third-order valence-corrected chi connectivity index (χ3v) is 2.51. The second kappa shape index (κ2) is 5.77. The Balaban J connectivity index is 2.68. The van der Waals surface area contributed by atoms with Crippen molar-refractivity contribution in [2.45, 2.75) is 19.1 Å². The quantitative estimate of drug-likeness (QED) is 0.919. The molecule has 0 saturated heterocycles. The van der Waals surface area contributed by atoms with Gasteiger partial charge in [0.2, 0.25) is 5.88 Å². The minimum atomic E-state index is -4.42. The van der Waals surface area contributed by atoms with E-state index in [1.54, 1.807) is 6.92 Å². The molecule has 1 amide bonds. The van der Waals surface area contributed by atoms with E-state index in [1.165, 1.54) is 25.4 Å². The van der Waals surface area contributed by atoms with E-state index in [1.807, 2.05) is 0 Å². The molecule has 1 atom stereocenters. The van der Waals surface area contributed by atoms with Crippen LogP contribution >= 0.6 is 0 Å². The van der Waals surface area contributed by atoms with Crippen molar-refractivity contribution in [3.63, 3.8) is 0 Å². The van der Waals surface area contributed by atoms with Gasteiger partial charge in [-0.2, -0.15) is 13.2 Å². The van der Waals surface area contributed by atoms with E-state index in [4.69, 9.17) is 5.11 Å². The summed E-state index contributed by atoms with van der Waals surface area (Å²) in [6.07, 6.45) is -4.24. The monoisotopic (exact) mass is 278 g/mol. The maximum atomic E-state index is 11.9. The molecule has 1 heterocycles. The summed E-state index contributed by atoms with van der Waals surface area (Å²) in [5.74, 6) is -0.161. The number of alkyl halides is 3. The molecule has 1 unspecified atom stereocenters. The number of hydrogen-bond acceptors (Lipinski definition) is 3. The maximum Gasteiger partial charge on any atom is 0.422 e. The number of halogens is 3. The number of aromatic nitrogens is 1. The van der Waals surface area contributed by atoms with Gasteiger partial charge in [0, 0.05) is 19.3 Å². The Morgan fingerprint density at radius 2 is 2.16 bits per heavy atom. The molecule has 0 spiro atoms. The third-order valence-electron chi connectivity index (χ3n) is 2.51. The van der Waals surface area contributed by atoms with Crippen molar-refractivity contribution in [1.82, 2.24) is 9.88 Å². The van der Waals surface area contributed by atoms with Crippen LogP contribution in [0.3, 0.4) is 0 Å². The maximum absolute atomic E-state index is 11.9. The Hall–Kier alpha value is -1.99. The smallest absolute Gasteiger partial charge is 0.422 e. The Morgan fingerprint density at radius 3 is 2.58 bits per heavy atom. The van der Waals surface area contributed by atoms with E-state index >= 15 is 0 Å². The van der Waals surface area contributed by atoms with Gasteiger partial charge < -0.3 is 14.7 Å². The fourth-order valence-corrected chi connectivity index (χ4v) is 1.27. The van der Waals surface area contributed by atoms with Crippen molar-refractivity contribution >= 4 is 6.09 Å². The third kappa shape index (κ3) is 4.65. The molecule has 0 saturated carbocycles. The number of nitrogens with zero attached hydrogens (tertiary/aromatic N) is 2. The van der Waals surface area contributed by atoms with Gasteiger partial charge >= 0.3 is 12.3 Å². The van der Waals surface area contributed by atoms with Crippen LogP contribution in [0.15, 0.2) is 18.3 Å². The van der Waals surface area contributed by atoms with Crippen LogP contribution in [0.2, 0.25) is 0 Å². The van der Waals surface area contributed by atoms with Gasteiger partial charge in [0.15, 0.2) is 6.61 Å². The lowest BCUT2D eigenvalue weighted by molar-refractivity contribution is -0.154. The van der Waals surface area contributed by atoms with Gasteiger partial charge in [-0.3, -0.25) is 0 Å². The van der Waals surface area contributed by atoms with Crippen LogP contribution < -0.4 is 4.74 Å². The van der Waals surface area contributed by atoms with Crippen LogP contribution in [0.1, 0.15) is 18.5 Å². The van der Waals surface area contributed by atoms with Crippen molar-refractivity contribution in [2.24, 2.45) is 0 Å². The summed E-state index contributed by atoms with van der Waals surface area (Å²) in [5.41, 5.74) is 0.559. The first-order chi connectivity index (χ1) is 8.70. The van der Waals surface area contributed by atoms with Gasteiger partial charge in [-0.25, -0.2) is 9.78 Å². The molecule has 1 aromatic heterocycles. The number of ether oxygens (including phenoxy) is 1. The molecule has 1 N–H and O–H groups in total. The zero-order chi connectivity index (χ0) is 14.6. The Kier molecular flexibility index (Phi) is 4.57. The summed E-state index contributed by atoms with van der Waals surface area (Å²) in [5, 5.41) is 8.80. The van der Waals surface area contributed by atoms with Crippen LogP contribution in [0.4, 0.5) is 18.0 Å². The average molecular weight is 278 g/mol. The molecular weight excluding hydrogens is 265 g/mol. The minimum absolute atomic E-state index is 0.161. The normalized spacial score (nSPS) is 12.9. The summed E-state index contributed by atoms with van der Waals surface area (Å²) < 4.78 is 40.2. The number of pyridine rings is 1. The van der Waals surface area contributed by atoms with Crippen LogP contribution in [0.5, 0.6) is 5.88 Å². The lowest BCUT2D eigenvalue weighted by Crippen LogP contribution is -2.27. The molecule has 1 aromatic rings. The van der Waals surface area contributed by atoms with Gasteiger partial charge in [0.1, 0.15) is 0 Å². The fraction of sp³-hybridized carbons (Fsp3) is 0.455. The average Bonchev–Trinajstić information content (AvgIpc) is 2.34. The van der Waals surface area contributed by atoms with Crippen LogP contribution in [-0.4, -0.2) is 40.9 Å². The van der Waals surface area contributed by atoms with Crippen molar-refractivity contribution in [3.8, 4) is 5.88 Å². The molecule has 5 nitrogen and oxygen atoms in total. The standard InChI is InChI=1S/C11H13F3N2O3/c1-7(16(2)10(17)18)8-3-4-9(15-5-8)19-6-11(12,13)14/h3-5,7H,6H2,1-2H3,(H,17,18). The van der Waals surface area contributed by atoms with E-state index in [0.717, 1.165) is 4.90 Å². The van der Waals surface area contributed by atoms with E-state index in [2.05, 4.69) is 9.72 Å². The summed E-state index contributed by atoms with van der Waals surface area (Å²) in [6, 6.07) is 2.29. The van der Waals surface area contributed by atoms with Crippen molar-refractivity contribution in [2.75, 3.05) is 13.7 Å². The lowest BCUT2D eigenvalue weighted by atomic mass is 10.1. The molecule has 0 aliphatic heterocycles. The van der Waals surface area contributed by atoms with E-state index in [9.17, 15) is 18.0 Å². The highest BCUT2D eigenvalue weighted by Gasteiger charge is 2.28. The van der Waals surface area contributed by atoms with E-state index in [0.29, 0.717) is 5.56 Å². The SMILES string of the molecule is CC(c1ccc(OCC(F)(F)F)nc1)N(C)C(=O)O. The largest absolute Gasteiger partial charge is 0.468 e. The topological polar surface area (TPSA) is 62.7 Å². The number of carboxylic acid groups (broad SMARTS) is 1. The molecule has 106 valence electrons. The summed E-state index contributed by atoms with van der Waals surface area (Å²) in [7, 11) is 1.39. The zero-order valence-corrected chi connectivity index (χ0v) is 10.3. The van der Waals surface area contributed by atoms with Gasteiger partial charge in [0.05, 0.1) is 6.04 Å². The number of hydrogen-bond donors (Lipinski definition) is 1. The molecule has 0 fully saturated rings. The van der Waals surface area contributed by atoms with Gasteiger partial charge in [-0.05, 0) is 12.5 Å². The molecule has 1 rings (SSSR count). The highest BCUT2D eigenvalue weighted by Crippen LogP contribution is 2.21. The highest BCUT2D eigenvalue weighted by molar-refractivity contribution is 5.65. The molecule has 19 heavy (non-hydrogen) atoms. The molecule has 8 heteroatoms. The van der Waals surface area contributed by atoms with Crippen molar-refractivity contribution < 1.29 is 27.8 Å². The van der Waals surface area contributed by atoms with Gasteiger partial charge in [-0.15, -0.1) is 0 Å². The van der Waals surface area contributed by atoms with Crippen molar-refractivity contribution in [3.05, 3.63) is 23.9 Å². The van der Waals surface area contributed by atoms with E-state index < -0.39 is 24.9 Å². The Morgan fingerprint density at radius 1 is 1.53 bits per heavy atom. The summed E-state index contributed by atoms with van der Waals surface area (Å²) in [4.78, 5) is 15.5. The molecule has 0 radical (unpaired) electrons. The second-order valence-corrected chi connectivity index (χ2v) is 3.90. The summed E-state index contributed by atoms with van der Waals surface area (Å²) >= 11 is 0. The zero-order valence-electron chi connectivity index (χ0n) is 10.3. The molecule has 0 aliphatic rings. The predicted octanol–water partition coefficient (Wildman–Crippen LogP) is 2.69. The Labute approximate surface area is 107 Å². The predicted molar refractivity (Wildman–Crippen MR) is 60.0 cm³/mol. The minimum Gasteiger partial charge on any atom is -0.468 e.